The lowest BCUT2D eigenvalue weighted by molar-refractivity contribution is 0.326. The van der Waals surface area contributed by atoms with Crippen LogP contribution in [-0.2, 0) is 12.0 Å². The molecule has 0 aromatic carbocycles. The van der Waals surface area contributed by atoms with E-state index >= 15 is 0 Å². The van der Waals surface area contributed by atoms with Gasteiger partial charge in [-0.05, 0) is 19.9 Å². The highest BCUT2D eigenvalue weighted by molar-refractivity contribution is 5.53. The molecule has 0 unspecified atom stereocenters. The molecule has 1 fully saturated rings. The molecule has 0 atom stereocenters. The lowest BCUT2D eigenvalue weighted by Crippen LogP contribution is -2.50. The van der Waals surface area contributed by atoms with E-state index in [9.17, 15) is 4.79 Å². The summed E-state index contributed by atoms with van der Waals surface area (Å²) in [5, 5.41) is 9.15. The van der Waals surface area contributed by atoms with Gasteiger partial charge in [-0.2, -0.15) is 14.7 Å². The SMILES string of the molecule is Cc1cc(N2CC(Cn3nc(C(C)(C)C)ccc3=O)C2)n2nc(C)cc2n1. The van der Waals surface area contributed by atoms with E-state index in [-0.39, 0.29) is 11.0 Å². The zero-order chi connectivity index (χ0) is 19.3. The fourth-order valence-corrected chi connectivity index (χ4v) is 3.52. The fourth-order valence-electron chi connectivity index (χ4n) is 3.52. The first-order chi connectivity index (χ1) is 12.7. The molecule has 142 valence electrons. The van der Waals surface area contributed by atoms with E-state index in [0.717, 1.165) is 41.6 Å². The molecular formula is C20H26N6O. The molecule has 7 heteroatoms. The number of rotatable bonds is 3. The summed E-state index contributed by atoms with van der Waals surface area (Å²) in [6, 6.07) is 7.53. The Balaban J connectivity index is 1.52. The smallest absolute Gasteiger partial charge is 0.266 e. The van der Waals surface area contributed by atoms with Crippen molar-refractivity contribution in [2.75, 3.05) is 18.0 Å². The van der Waals surface area contributed by atoms with Crippen LogP contribution in [0, 0.1) is 19.8 Å². The predicted octanol–water partition coefficient (Wildman–Crippen LogP) is 2.34. The molecule has 4 heterocycles. The zero-order valence-corrected chi connectivity index (χ0v) is 16.6. The molecule has 4 rings (SSSR count). The van der Waals surface area contributed by atoms with Crippen LogP contribution >= 0.6 is 0 Å². The van der Waals surface area contributed by atoms with Crippen LogP contribution in [0.15, 0.2) is 29.1 Å². The quantitative estimate of drug-likeness (QED) is 0.712. The molecule has 1 aliphatic rings. The van der Waals surface area contributed by atoms with Crippen molar-refractivity contribution in [3.8, 4) is 0 Å². The van der Waals surface area contributed by atoms with Crippen molar-refractivity contribution >= 4 is 11.5 Å². The minimum atomic E-state index is -0.0702. The summed E-state index contributed by atoms with van der Waals surface area (Å²) in [5.41, 5.74) is 3.65. The molecule has 0 radical (unpaired) electrons. The van der Waals surface area contributed by atoms with Gasteiger partial charge in [0, 0.05) is 48.3 Å². The van der Waals surface area contributed by atoms with Gasteiger partial charge in [-0.1, -0.05) is 20.8 Å². The Morgan fingerprint density at radius 3 is 2.52 bits per heavy atom. The first-order valence-corrected chi connectivity index (χ1v) is 9.38. The van der Waals surface area contributed by atoms with Crippen LogP contribution < -0.4 is 10.5 Å². The average molecular weight is 366 g/mol. The van der Waals surface area contributed by atoms with Crippen molar-refractivity contribution in [1.82, 2.24) is 24.4 Å². The lowest BCUT2D eigenvalue weighted by atomic mass is 9.92. The Bertz CT molecular complexity index is 1050. The fraction of sp³-hybridized carbons (Fsp3) is 0.500. The van der Waals surface area contributed by atoms with Crippen LogP contribution in [0.3, 0.4) is 0 Å². The molecule has 3 aromatic heterocycles. The number of anilines is 1. The lowest BCUT2D eigenvalue weighted by Gasteiger charge is -2.40. The Labute approximate surface area is 158 Å². The summed E-state index contributed by atoms with van der Waals surface area (Å²) in [6.45, 7) is 12.7. The topological polar surface area (TPSA) is 68.3 Å². The van der Waals surface area contributed by atoms with Crippen molar-refractivity contribution in [1.29, 1.82) is 0 Å². The summed E-state index contributed by atoms with van der Waals surface area (Å²) in [7, 11) is 0. The van der Waals surface area contributed by atoms with Crippen molar-refractivity contribution in [3.05, 3.63) is 51.7 Å². The molecule has 1 aliphatic heterocycles. The maximum absolute atomic E-state index is 12.2. The first-order valence-electron chi connectivity index (χ1n) is 9.38. The van der Waals surface area contributed by atoms with E-state index in [1.165, 1.54) is 0 Å². The maximum atomic E-state index is 12.2. The van der Waals surface area contributed by atoms with Crippen LogP contribution in [-0.4, -0.2) is 37.5 Å². The average Bonchev–Trinajstić information content (AvgIpc) is 2.90. The van der Waals surface area contributed by atoms with Crippen molar-refractivity contribution in [3.63, 3.8) is 0 Å². The number of nitrogens with zero attached hydrogens (tertiary/aromatic N) is 6. The number of fused-ring (bicyclic) bond motifs is 1. The minimum Gasteiger partial charge on any atom is -0.356 e. The molecular weight excluding hydrogens is 340 g/mol. The molecule has 0 amide bonds. The van der Waals surface area contributed by atoms with Gasteiger partial charge >= 0.3 is 0 Å². The van der Waals surface area contributed by atoms with Crippen molar-refractivity contribution in [2.24, 2.45) is 5.92 Å². The molecule has 3 aromatic rings. The summed E-state index contributed by atoms with van der Waals surface area (Å²) < 4.78 is 3.53. The highest BCUT2D eigenvalue weighted by atomic mass is 16.1. The second kappa shape index (κ2) is 6.18. The van der Waals surface area contributed by atoms with Gasteiger partial charge in [0.15, 0.2) is 5.65 Å². The van der Waals surface area contributed by atoms with Gasteiger partial charge in [0.1, 0.15) is 5.82 Å². The number of hydrogen-bond donors (Lipinski definition) is 0. The zero-order valence-electron chi connectivity index (χ0n) is 16.6. The van der Waals surface area contributed by atoms with E-state index in [4.69, 9.17) is 0 Å². The van der Waals surface area contributed by atoms with Crippen LogP contribution in [0.1, 0.15) is 37.9 Å². The van der Waals surface area contributed by atoms with E-state index < -0.39 is 0 Å². The normalized spacial score (nSPS) is 15.4. The molecule has 0 bridgehead atoms. The molecule has 0 saturated carbocycles. The highest BCUT2D eigenvalue weighted by Crippen LogP contribution is 2.27. The maximum Gasteiger partial charge on any atom is 0.266 e. The van der Waals surface area contributed by atoms with E-state index in [1.54, 1.807) is 10.7 Å². The number of aromatic nitrogens is 5. The van der Waals surface area contributed by atoms with Gasteiger partial charge in [0.25, 0.3) is 5.56 Å². The minimum absolute atomic E-state index is 0.0358. The van der Waals surface area contributed by atoms with Crippen molar-refractivity contribution in [2.45, 2.75) is 46.6 Å². The van der Waals surface area contributed by atoms with Crippen LogP contribution in [0.25, 0.3) is 5.65 Å². The van der Waals surface area contributed by atoms with Crippen molar-refractivity contribution < 1.29 is 0 Å². The third kappa shape index (κ3) is 3.34. The Kier molecular flexibility index (Phi) is 4.05. The Hall–Kier alpha value is -2.70. The number of hydrogen-bond acceptors (Lipinski definition) is 5. The third-order valence-electron chi connectivity index (χ3n) is 5.01. The van der Waals surface area contributed by atoms with Gasteiger partial charge in [0.05, 0.1) is 17.9 Å². The first kappa shape index (κ1) is 17.7. The Morgan fingerprint density at radius 1 is 1.07 bits per heavy atom. The second-order valence-corrected chi connectivity index (χ2v) is 8.57. The summed E-state index contributed by atoms with van der Waals surface area (Å²) >= 11 is 0. The molecule has 1 saturated heterocycles. The van der Waals surface area contributed by atoms with Crippen LogP contribution in [0.5, 0.6) is 0 Å². The Morgan fingerprint density at radius 2 is 1.81 bits per heavy atom. The third-order valence-corrected chi connectivity index (χ3v) is 5.01. The molecule has 7 nitrogen and oxygen atoms in total. The largest absolute Gasteiger partial charge is 0.356 e. The predicted molar refractivity (Wildman–Crippen MR) is 105 cm³/mol. The monoisotopic (exact) mass is 366 g/mol. The molecule has 0 spiro atoms. The molecule has 0 N–H and O–H groups in total. The molecule has 27 heavy (non-hydrogen) atoms. The van der Waals surface area contributed by atoms with Gasteiger partial charge in [0.2, 0.25) is 0 Å². The number of aryl methyl sites for hydroxylation is 2. The molecule has 0 aliphatic carbocycles. The summed E-state index contributed by atoms with van der Waals surface area (Å²) in [5.74, 6) is 1.45. The highest BCUT2D eigenvalue weighted by Gasteiger charge is 2.30. The second-order valence-electron chi connectivity index (χ2n) is 8.57. The summed E-state index contributed by atoms with van der Waals surface area (Å²) in [4.78, 5) is 19.0. The van der Waals surface area contributed by atoms with Gasteiger partial charge in [-0.3, -0.25) is 4.79 Å². The van der Waals surface area contributed by atoms with Gasteiger partial charge in [-0.15, -0.1) is 0 Å². The standard InChI is InChI=1S/C20H26N6O/c1-13-9-18(26-17(21-13)8-14(2)22-26)24-10-15(11-24)12-25-19(27)7-6-16(23-25)20(3,4)5/h6-9,15H,10-12H2,1-5H3. The van der Waals surface area contributed by atoms with Gasteiger partial charge < -0.3 is 4.90 Å². The summed E-state index contributed by atoms with van der Waals surface area (Å²) in [6.07, 6.45) is 0. The van der Waals surface area contributed by atoms with Crippen LogP contribution in [0.4, 0.5) is 5.82 Å². The van der Waals surface area contributed by atoms with E-state index in [1.807, 2.05) is 30.5 Å². The van der Waals surface area contributed by atoms with E-state index in [0.29, 0.717) is 12.5 Å². The van der Waals surface area contributed by atoms with Crippen LogP contribution in [0.2, 0.25) is 0 Å². The van der Waals surface area contributed by atoms with E-state index in [2.05, 4.69) is 46.9 Å². The van der Waals surface area contributed by atoms with Gasteiger partial charge in [-0.25, -0.2) is 9.67 Å².